The van der Waals surface area contributed by atoms with Crippen molar-refractivity contribution in [1.82, 2.24) is 62.1 Å². The van der Waals surface area contributed by atoms with Crippen molar-refractivity contribution in [3.63, 3.8) is 0 Å². The van der Waals surface area contributed by atoms with Gasteiger partial charge in [0.25, 0.3) is 0 Å². The van der Waals surface area contributed by atoms with E-state index in [1.165, 1.54) is 89.6 Å². The van der Waals surface area contributed by atoms with Gasteiger partial charge in [0.05, 0.1) is 42.6 Å². The molecule has 2 aliphatic carbocycles. The number of unbranched alkanes of at least 4 members (excludes halogenated alkanes) is 1. The molecule has 2 aromatic carbocycles. The number of aromatic hydroxyl groups is 1. The predicted octanol–water partition coefficient (Wildman–Crippen LogP) is 2.96. The molecule has 1 saturated heterocycles. The summed E-state index contributed by atoms with van der Waals surface area (Å²) in [5.74, 6) is -10.6. The average molecular weight is 1420 g/mol. The molecule has 0 radical (unpaired) electrons. The van der Waals surface area contributed by atoms with Gasteiger partial charge in [-0.1, -0.05) is 18.2 Å². The quantitative estimate of drug-likeness (QED) is 0.0670. The molecule has 5 aromatic rings. The summed E-state index contributed by atoms with van der Waals surface area (Å²) < 4.78 is 30.1. The number of phenols is 1. The number of aromatic nitrogens is 4. The minimum absolute atomic E-state index is 0.00474. The van der Waals surface area contributed by atoms with Crippen LogP contribution in [0, 0.1) is 29.5 Å². The van der Waals surface area contributed by atoms with Crippen LogP contribution in [0.4, 0.5) is 8.78 Å². The number of imidazole rings is 1. The number of fused-ring (bicyclic) bond motifs is 5. The number of aromatic amines is 2. The van der Waals surface area contributed by atoms with Crippen LogP contribution in [0.25, 0.3) is 10.9 Å². The first-order valence-electron chi connectivity index (χ1n) is 33.9. The SMILES string of the molecule is NCCCC[C@@H]1NC(=O)CCSCc2cccc(n2)CSC[C@@H](C(N)=O)CC(=O)[C@@H]2CCCN2C(=O)[C@H](Cc2ccc(O)cc2)NC(=O)[C@H](Cc2cnc[nH]2)NC(=O)[C@H](CC(=O)O)NC(=O)[C@H](CC2CCC3CCC(F)CC32)NC(=O)[C@H](Cc2c[nH]c3ccc(F)cc23)NC(=O)CNC1=O. The van der Waals surface area contributed by atoms with Gasteiger partial charge in [-0.2, -0.15) is 23.5 Å². The first-order valence-corrected chi connectivity index (χ1v) is 36.3. The number of carbonyl (C=O) groups excluding carboxylic acids is 10. The van der Waals surface area contributed by atoms with E-state index in [-0.39, 0.29) is 93.6 Å². The normalized spacial score (nSPS) is 26.6. The molecule has 0 spiro atoms. The van der Waals surface area contributed by atoms with Crippen molar-refractivity contribution in [2.45, 2.75) is 169 Å². The lowest BCUT2D eigenvalue weighted by atomic mass is 9.75. The van der Waals surface area contributed by atoms with Crippen molar-refractivity contribution in [1.29, 1.82) is 0 Å². The minimum atomic E-state index is -1.97. The van der Waals surface area contributed by atoms with Crippen molar-refractivity contribution in [3.8, 4) is 5.75 Å². The molecule has 2 saturated carbocycles. The zero-order chi connectivity index (χ0) is 71.4. The first-order chi connectivity index (χ1) is 48.1. The van der Waals surface area contributed by atoms with Gasteiger partial charge in [0.1, 0.15) is 54.0 Å². The fraction of sp³-hybridized carbons (Fsp3) is 0.522. The van der Waals surface area contributed by atoms with Crippen molar-refractivity contribution in [2.24, 2.45) is 35.1 Å². The Balaban J connectivity index is 1.04. The first kappa shape index (κ1) is 75.2. The van der Waals surface area contributed by atoms with Crippen molar-refractivity contribution < 1.29 is 71.7 Å². The number of amides is 9. The Hall–Kier alpha value is -8.97. The van der Waals surface area contributed by atoms with Crippen LogP contribution in [-0.2, 0) is 83.5 Å². The summed E-state index contributed by atoms with van der Waals surface area (Å²) in [5, 5.41) is 39.5. The van der Waals surface area contributed by atoms with E-state index < -0.39 is 138 Å². The van der Waals surface area contributed by atoms with Crippen LogP contribution in [0.5, 0.6) is 5.75 Å². The van der Waals surface area contributed by atoms with Gasteiger partial charge in [-0.05, 0) is 149 Å². The smallest absolute Gasteiger partial charge is 0.305 e. The molecule has 27 nitrogen and oxygen atoms in total. The van der Waals surface area contributed by atoms with E-state index in [1.807, 2.05) is 12.1 Å². The monoisotopic (exact) mass is 1420 g/mol. The number of phenolic OH excluding ortho intramolecular Hbond substituents is 1. The van der Waals surface area contributed by atoms with Crippen LogP contribution in [-0.4, -0.2) is 180 Å². The third kappa shape index (κ3) is 21.5. The molecule has 9 amide bonds. The van der Waals surface area contributed by atoms with E-state index in [9.17, 15) is 53.0 Å². The predicted molar refractivity (Wildman–Crippen MR) is 367 cm³/mol. The number of nitrogens with two attached hydrogens (primary N) is 2. The molecule has 9 rings (SSSR count). The molecule has 538 valence electrons. The van der Waals surface area contributed by atoms with Crippen molar-refractivity contribution >= 4 is 99.3 Å². The van der Waals surface area contributed by atoms with Gasteiger partial charge in [-0.25, -0.2) is 13.8 Å². The molecule has 100 heavy (non-hydrogen) atoms. The molecular formula is C69H88F2N14O13S2. The molecule has 5 heterocycles. The number of alkyl halides is 1. The maximum absolute atomic E-state index is 15.3. The maximum atomic E-state index is 15.3. The number of rotatable bonds is 15. The molecular weight excluding hydrogens is 1330 g/mol. The number of hydrogen-bond acceptors (Lipinski definition) is 17. The zero-order valence-corrected chi connectivity index (χ0v) is 57.0. The summed E-state index contributed by atoms with van der Waals surface area (Å²) in [4.78, 5) is 173. The van der Waals surface area contributed by atoms with Crippen molar-refractivity contribution in [3.05, 3.63) is 113 Å². The van der Waals surface area contributed by atoms with E-state index in [0.29, 0.717) is 108 Å². The Bertz CT molecular complexity index is 3720. The third-order valence-electron chi connectivity index (χ3n) is 19.0. The number of ketones is 1. The lowest BCUT2D eigenvalue weighted by molar-refractivity contribution is -0.142. The molecule has 4 aliphatic rings. The fourth-order valence-corrected chi connectivity index (χ4v) is 15.7. The highest BCUT2D eigenvalue weighted by Gasteiger charge is 2.44. The Morgan fingerprint density at radius 2 is 1.41 bits per heavy atom. The number of carbonyl (C=O) groups is 11. The molecule has 2 aliphatic heterocycles. The van der Waals surface area contributed by atoms with E-state index in [2.05, 4.69) is 52.2 Å². The van der Waals surface area contributed by atoms with Gasteiger partial charge in [0.15, 0.2) is 5.78 Å². The lowest BCUT2D eigenvalue weighted by Crippen LogP contribution is -2.60. The number of nitrogens with zero attached hydrogens (tertiary/aromatic N) is 3. The number of pyridine rings is 1. The molecule has 31 heteroatoms. The summed E-state index contributed by atoms with van der Waals surface area (Å²) in [6.45, 7) is -0.320. The number of thioether (sulfide) groups is 2. The largest absolute Gasteiger partial charge is 0.508 e. The van der Waals surface area contributed by atoms with E-state index in [1.54, 1.807) is 6.07 Å². The zero-order valence-electron chi connectivity index (χ0n) is 55.4. The van der Waals surface area contributed by atoms with Gasteiger partial charge >= 0.3 is 5.97 Å². The molecule has 2 bridgehead atoms. The Labute approximate surface area is 585 Å². The summed E-state index contributed by atoms with van der Waals surface area (Å²) >= 11 is 2.76. The van der Waals surface area contributed by atoms with Gasteiger partial charge < -0.3 is 73.8 Å². The number of halogens is 2. The minimum Gasteiger partial charge on any atom is -0.508 e. The number of nitrogens with one attached hydrogen (secondary N) is 9. The highest BCUT2D eigenvalue weighted by molar-refractivity contribution is 7.98. The van der Waals surface area contributed by atoms with Gasteiger partial charge in [-0.3, -0.25) is 57.7 Å². The summed E-state index contributed by atoms with van der Waals surface area (Å²) in [6.07, 6.45) is 4.72. The van der Waals surface area contributed by atoms with Crippen LogP contribution < -0.4 is 48.7 Å². The number of primary amides is 1. The van der Waals surface area contributed by atoms with E-state index >= 15 is 18.8 Å². The van der Waals surface area contributed by atoms with Crippen LogP contribution in [0.1, 0.15) is 118 Å². The van der Waals surface area contributed by atoms with E-state index in [4.69, 9.17) is 16.5 Å². The highest BCUT2D eigenvalue weighted by atomic mass is 32.2. The number of hydrogen-bond donors (Lipinski definition) is 13. The fourth-order valence-electron chi connectivity index (χ4n) is 13.8. The second-order valence-electron chi connectivity index (χ2n) is 26.2. The summed E-state index contributed by atoms with van der Waals surface area (Å²) in [5.41, 5.74) is 14.7. The van der Waals surface area contributed by atoms with Crippen LogP contribution in [0.2, 0.25) is 0 Å². The van der Waals surface area contributed by atoms with Gasteiger partial charge in [-0.15, -0.1) is 0 Å². The molecule has 4 unspecified atom stereocenters. The van der Waals surface area contributed by atoms with Crippen molar-refractivity contribution in [2.75, 3.05) is 31.1 Å². The topological polar surface area (TPSA) is 425 Å². The molecule has 3 fully saturated rings. The number of carboxylic acid groups (broad SMARTS) is 1. The van der Waals surface area contributed by atoms with Crippen LogP contribution in [0.3, 0.4) is 0 Å². The average Bonchev–Trinajstić information content (AvgIpc) is 1.64. The second kappa shape index (κ2) is 36.4. The highest BCUT2D eigenvalue weighted by Crippen LogP contribution is 2.48. The van der Waals surface area contributed by atoms with Gasteiger partial charge in [0.2, 0.25) is 53.2 Å². The Morgan fingerprint density at radius 1 is 0.720 bits per heavy atom. The van der Waals surface area contributed by atoms with E-state index in [0.717, 1.165) is 0 Å². The maximum Gasteiger partial charge on any atom is 0.305 e. The van der Waals surface area contributed by atoms with Gasteiger partial charge in [0, 0.05) is 90.7 Å². The molecule has 15 N–H and O–H groups in total. The number of H-pyrrole nitrogens is 2. The summed E-state index contributed by atoms with van der Waals surface area (Å²) in [7, 11) is 0. The molecule has 3 aromatic heterocycles. The standard InChI is InChI=1S/C69H88F2N14O13S2/c70-43-14-13-39-11-12-40(49(39)27-43)24-54-66(95)83-56(30-62(90)91)68(97)82-55(29-47-32-74-37-77-47)67(96)84-57(23-38-9-16-48(86)17-10-38)69(98)85-21-4-8-58(85)59(87)26-42(63(73)92)34-100-36-46-6-3-5-45(78-46)35-99-22-19-60(88)79-52(7-1-2-20-72)64(93)76-33-61(89)80-53(65(94)81-54)25-41-31-75-51-18-15-44(71)28-50(41)51/h3,5-6,9-10,15-18,28,31-32,37,39-40,42-43,49,52-58,75,86H,1-2,4,7-8,11-14,19-27,29-30,33-36,72H2,(H2,73,92)(H,74,77)(H,76,93)(H,79,88)(H,80,89)(H,81,94)(H,82,97)(H,83,95)(H,84,96)(H,90,91)/t39?,40?,42-,43?,49?,52-,53-,54-,55-,56-,57-,58-/m0/s1. The van der Waals surface area contributed by atoms with Crippen LogP contribution >= 0.6 is 23.5 Å². The number of benzene rings is 2. The molecule has 12 atom stereocenters. The lowest BCUT2D eigenvalue weighted by Gasteiger charge is -2.33. The van der Waals surface area contributed by atoms with Crippen LogP contribution in [0.15, 0.2) is 79.4 Å². The Morgan fingerprint density at radius 3 is 2.14 bits per heavy atom. The Kier molecular flexibility index (Phi) is 27.4. The second-order valence-corrected chi connectivity index (χ2v) is 28.4. The number of carboxylic acids is 1. The third-order valence-corrected chi connectivity index (χ3v) is 21.2. The number of Topliss-reactive ketones (excluding diaryl/α,β-unsaturated/α-hetero) is 1. The summed E-state index contributed by atoms with van der Waals surface area (Å²) in [6, 6.07) is 4.83. The number of aliphatic carboxylic acids is 1.